The second-order valence-corrected chi connectivity index (χ2v) is 5.01. The van der Waals surface area contributed by atoms with Crippen LogP contribution in [-0.2, 0) is 19.5 Å². The van der Waals surface area contributed by atoms with E-state index in [1.54, 1.807) is 0 Å². The van der Waals surface area contributed by atoms with Crippen molar-refractivity contribution in [2.45, 2.75) is 40.3 Å². The number of hydrogen-bond acceptors (Lipinski definition) is 2. The number of aromatic nitrogens is 2. The molecule has 0 atom stereocenters. The van der Waals surface area contributed by atoms with Gasteiger partial charge in [-0.25, -0.2) is 0 Å². The molecule has 0 saturated heterocycles. The van der Waals surface area contributed by atoms with E-state index in [0.717, 1.165) is 25.2 Å². The fraction of sp³-hybridized carbons (Fsp3) is 0.438. The molecule has 102 valence electrons. The Kier molecular flexibility index (Phi) is 4.38. The topological polar surface area (TPSA) is 29.9 Å². The molecule has 1 aromatic heterocycles. The van der Waals surface area contributed by atoms with E-state index < -0.39 is 0 Å². The van der Waals surface area contributed by atoms with Gasteiger partial charge in [0.05, 0.1) is 12.2 Å². The highest BCUT2D eigenvalue weighted by molar-refractivity contribution is 5.27. The molecule has 0 fully saturated rings. The Morgan fingerprint density at radius 3 is 2.32 bits per heavy atom. The van der Waals surface area contributed by atoms with Crippen LogP contribution < -0.4 is 5.32 Å². The molecule has 0 unspecified atom stereocenters. The molecule has 1 heterocycles. The molecule has 0 aliphatic carbocycles. The molecule has 0 aliphatic rings. The first kappa shape index (κ1) is 13.8. The largest absolute Gasteiger partial charge is 0.316 e. The van der Waals surface area contributed by atoms with Gasteiger partial charge in [0.2, 0.25) is 0 Å². The van der Waals surface area contributed by atoms with E-state index in [-0.39, 0.29) is 0 Å². The van der Waals surface area contributed by atoms with Gasteiger partial charge in [-0.05, 0) is 38.4 Å². The third-order valence-electron chi connectivity index (χ3n) is 3.65. The van der Waals surface area contributed by atoms with Gasteiger partial charge in [-0.15, -0.1) is 0 Å². The summed E-state index contributed by atoms with van der Waals surface area (Å²) in [5, 5.41) is 7.85. The van der Waals surface area contributed by atoms with Gasteiger partial charge < -0.3 is 5.32 Å². The molecule has 0 bridgehead atoms. The zero-order valence-corrected chi connectivity index (χ0v) is 12.3. The van der Waals surface area contributed by atoms with Crippen molar-refractivity contribution in [3.8, 4) is 0 Å². The summed E-state index contributed by atoms with van der Waals surface area (Å²) in [6.45, 7) is 8.14. The molecule has 19 heavy (non-hydrogen) atoms. The highest BCUT2D eigenvalue weighted by Crippen LogP contribution is 2.15. The summed E-state index contributed by atoms with van der Waals surface area (Å²) >= 11 is 0. The smallest absolute Gasteiger partial charge is 0.0662 e. The highest BCUT2D eigenvalue weighted by atomic mass is 15.3. The van der Waals surface area contributed by atoms with Gasteiger partial charge in [0.15, 0.2) is 0 Å². The molecule has 0 aliphatic heterocycles. The number of nitrogens with one attached hydrogen (secondary N) is 1. The zero-order valence-electron chi connectivity index (χ0n) is 12.3. The molecule has 0 saturated carbocycles. The maximum absolute atomic E-state index is 4.64. The molecule has 0 spiro atoms. The molecule has 0 radical (unpaired) electrons. The van der Waals surface area contributed by atoms with Crippen LogP contribution in [0.4, 0.5) is 0 Å². The second-order valence-electron chi connectivity index (χ2n) is 5.01. The molecule has 3 heteroatoms. The summed E-state index contributed by atoms with van der Waals surface area (Å²) in [6.07, 6.45) is 1.09. The predicted molar refractivity (Wildman–Crippen MR) is 79.4 cm³/mol. The molecular formula is C16H23N3. The fourth-order valence-corrected chi connectivity index (χ4v) is 2.37. The van der Waals surface area contributed by atoms with Crippen LogP contribution in [0.5, 0.6) is 0 Å². The third-order valence-corrected chi connectivity index (χ3v) is 3.65. The molecule has 1 aromatic carbocycles. The van der Waals surface area contributed by atoms with Crippen LogP contribution in [0.25, 0.3) is 0 Å². The second kappa shape index (κ2) is 6.02. The van der Waals surface area contributed by atoms with Gasteiger partial charge in [0.1, 0.15) is 0 Å². The predicted octanol–water partition coefficient (Wildman–Crippen LogP) is 2.83. The van der Waals surface area contributed by atoms with Gasteiger partial charge in [-0.1, -0.05) is 31.2 Å². The Bertz CT molecular complexity index is 538. The summed E-state index contributed by atoms with van der Waals surface area (Å²) in [7, 11) is 1.97. The first-order valence-corrected chi connectivity index (χ1v) is 6.91. The van der Waals surface area contributed by atoms with Crippen molar-refractivity contribution in [1.29, 1.82) is 0 Å². The number of hydrogen-bond donors (Lipinski definition) is 1. The summed E-state index contributed by atoms with van der Waals surface area (Å²) < 4.78 is 2.10. The first-order valence-electron chi connectivity index (χ1n) is 6.91. The Hall–Kier alpha value is -1.61. The maximum atomic E-state index is 4.64. The average molecular weight is 257 g/mol. The van der Waals surface area contributed by atoms with Crippen LogP contribution in [0, 0.1) is 13.8 Å². The first-order chi connectivity index (χ1) is 9.15. The van der Waals surface area contributed by atoms with Gasteiger partial charge in [-0.2, -0.15) is 5.10 Å². The lowest BCUT2D eigenvalue weighted by molar-refractivity contribution is 0.657. The molecular weight excluding hydrogens is 234 g/mol. The van der Waals surface area contributed by atoms with Gasteiger partial charge in [0, 0.05) is 17.8 Å². The van der Waals surface area contributed by atoms with E-state index in [1.807, 2.05) is 7.05 Å². The Balaban J connectivity index is 2.20. The minimum atomic E-state index is 0.848. The van der Waals surface area contributed by atoms with Crippen LogP contribution in [-0.4, -0.2) is 16.8 Å². The summed E-state index contributed by atoms with van der Waals surface area (Å²) in [5.74, 6) is 0. The lowest BCUT2D eigenvalue weighted by Gasteiger charge is -2.06. The van der Waals surface area contributed by atoms with Crippen molar-refractivity contribution in [1.82, 2.24) is 15.1 Å². The molecule has 1 N–H and O–H groups in total. The number of nitrogens with zero attached hydrogens (tertiary/aromatic N) is 2. The van der Waals surface area contributed by atoms with Gasteiger partial charge in [-0.3, -0.25) is 4.68 Å². The fourth-order valence-electron chi connectivity index (χ4n) is 2.37. The number of benzene rings is 1. The maximum Gasteiger partial charge on any atom is 0.0662 e. The van der Waals surface area contributed by atoms with Crippen LogP contribution in [0.2, 0.25) is 0 Å². The zero-order chi connectivity index (χ0) is 13.8. The van der Waals surface area contributed by atoms with Crippen molar-refractivity contribution < 1.29 is 0 Å². The van der Waals surface area contributed by atoms with Crippen molar-refractivity contribution >= 4 is 0 Å². The molecule has 2 aromatic rings. The molecule has 3 nitrogen and oxygen atoms in total. The monoisotopic (exact) mass is 257 g/mol. The minimum absolute atomic E-state index is 0.848. The van der Waals surface area contributed by atoms with E-state index >= 15 is 0 Å². The quantitative estimate of drug-likeness (QED) is 0.892. The molecule has 0 amide bonds. The Morgan fingerprint density at radius 2 is 1.74 bits per heavy atom. The van der Waals surface area contributed by atoms with Crippen molar-refractivity contribution in [2.24, 2.45) is 0 Å². The highest BCUT2D eigenvalue weighted by Gasteiger charge is 2.10. The standard InChI is InChI=1S/C16H23N3/c1-5-14-6-8-15(9-7-14)11-19-13(3)16(10-17-4)12(2)18-19/h6-9,17H,5,10-11H2,1-4H3. The van der Waals surface area contributed by atoms with E-state index in [9.17, 15) is 0 Å². The lowest BCUT2D eigenvalue weighted by Crippen LogP contribution is -2.08. The van der Waals surface area contributed by atoms with Crippen LogP contribution >= 0.6 is 0 Å². The normalized spacial score (nSPS) is 10.9. The Morgan fingerprint density at radius 1 is 1.11 bits per heavy atom. The summed E-state index contributed by atoms with van der Waals surface area (Å²) in [5.41, 5.74) is 6.38. The van der Waals surface area contributed by atoms with Crippen LogP contribution in [0.15, 0.2) is 24.3 Å². The third kappa shape index (κ3) is 3.04. The average Bonchev–Trinajstić information content (AvgIpc) is 2.68. The van der Waals surface area contributed by atoms with Crippen molar-refractivity contribution in [3.63, 3.8) is 0 Å². The van der Waals surface area contributed by atoms with Gasteiger partial charge >= 0.3 is 0 Å². The summed E-state index contributed by atoms with van der Waals surface area (Å²) in [6, 6.07) is 8.81. The van der Waals surface area contributed by atoms with Gasteiger partial charge in [0.25, 0.3) is 0 Å². The Labute approximate surface area is 115 Å². The van der Waals surface area contributed by atoms with E-state index in [4.69, 9.17) is 0 Å². The SMILES string of the molecule is CCc1ccc(Cn2nc(C)c(CNC)c2C)cc1. The van der Waals surface area contributed by atoms with Crippen LogP contribution in [0.1, 0.15) is 35.0 Å². The van der Waals surface area contributed by atoms with E-state index in [0.29, 0.717) is 0 Å². The van der Waals surface area contributed by atoms with E-state index in [1.165, 1.54) is 22.4 Å². The van der Waals surface area contributed by atoms with Crippen LogP contribution in [0.3, 0.4) is 0 Å². The van der Waals surface area contributed by atoms with Crippen molar-refractivity contribution in [2.75, 3.05) is 7.05 Å². The minimum Gasteiger partial charge on any atom is -0.316 e. The summed E-state index contributed by atoms with van der Waals surface area (Å²) in [4.78, 5) is 0. The van der Waals surface area contributed by atoms with Crippen molar-refractivity contribution in [3.05, 3.63) is 52.3 Å². The molecule has 2 rings (SSSR count). The lowest BCUT2D eigenvalue weighted by atomic mass is 10.1. The number of rotatable bonds is 5. The van der Waals surface area contributed by atoms with E-state index in [2.05, 4.69) is 60.1 Å². The number of aryl methyl sites for hydroxylation is 2.